The first-order valence-corrected chi connectivity index (χ1v) is 9.81. The van der Waals surface area contributed by atoms with Gasteiger partial charge in [-0.3, -0.25) is 4.79 Å². The van der Waals surface area contributed by atoms with Gasteiger partial charge in [-0.2, -0.15) is 5.10 Å². The fourth-order valence-corrected chi connectivity index (χ4v) is 2.80. The number of benzene rings is 3. The summed E-state index contributed by atoms with van der Waals surface area (Å²) >= 11 is 3.42. The maximum absolute atomic E-state index is 11.9. The summed E-state index contributed by atoms with van der Waals surface area (Å²) in [4.78, 5) is 11.9. The maximum Gasteiger partial charge on any atom is 0.240 e. The first kappa shape index (κ1) is 19.8. The molecule has 0 aliphatic carbocycles. The van der Waals surface area contributed by atoms with E-state index in [-0.39, 0.29) is 5.91 Å². The Morgan fingerprint density at radius 2 is 1.64 bits per heavy atom. The Morgan fingerprint density at radius 3 is 2.36 bits per heavy atom. The summed E-state index contributed by atoms with van der Waals surface area (Å²) in [6, 6.07) is 25.5. The van der Waals surface area contributed by atoms with Crippen molar-refractivity contribution in [2.75, 3.05) is 0 Å². The van der Waals surface area contributed by atoms with Crippen molar-refractivity contribution < 1.29 is 9.53 Å². The van der Waals surface area contributed by atoms with Crippen LogP contribution in [0.1, 0.15) is 23.1 Å². The summed E-state index contributed by atoms with van der Waals surface area (Å²) in [5, 5.41) is 4.02. The number of hydrogen-bond donors (Lipinski definition) is 1. The second-order valence-corrected chi connectivity index (χ2v) is 7.18. The van der Waals surface area contributed by atoms with E-state index in [4.69, 9.17) is 4.74 Å². The summed E-state index contributed by atoms with van der Waals surface area (Å²) < 4.78 is 6.82. The molecule has 142 valence electrons. The second kappa shape index (κ2) is 10.4. The van der Waals surface area contributed by atoms with Crippen LogP contribution in [0.5, 0.6) is 5.75 Å². The summed E-state index contributed by atoms with van der Waals surface area (Å²) in [6.07, 6.45) is 2.73. The molecule has 3 aromatic rings. The first-order valence-electron chi connectivity index (χ1n) is 9.02. The van der Waals surface area contributed by atoms with E-state index in [0.717, 1.165) is 26.9 Å². The van der Waals surface area contributed by atoms with Crippen molar-refractivity contribution in [3.8, 4) is 5.75 Å². The lowest BCUT2D eigenvalue weighted by Crippen LogP contribution is -2.17. The number of amides is 1. The monoisotopic (exact) mass is 436 g/mol. The Kier molecular flexibility index (Phi) is 7.38. The van der Waals surface area contributed by atoms with Crippen molar-refractivity contribution in [2.24, 2.45) is 5.10 Å². The highest BCUT2D eigenvalue weighted by Crippen LogP contribution is 2.15. The van der Waals surface area contributed by atoms with E-state index in [1.807, 2.05) is 78.9 Å². The highest BCUT2D eigenvalue weighted by Gasteiger charge is 2.01. The van der Waals surface area contributed by atoms with Gasteiger partial charge in [0, 0.05) is 10.9 Å². The minimum atomic E-state index is -0.102. The molecular weight excluding hydrogens is 416 g/mol. The van der Waals surface area contributed by atoms with Crippen LogP contribution in [0.2, 0.25) is 0 Å². The number of aryl methyl sites for hydroxylation is 1. The molecule has 3 rings (SSSR count). The fourth-order valence-electron chi connectivity index (χ4n) is 2.53. The van der Waals surface area contributed by atoms with Crippen LogP contribution >= 0.6 is 15.9 Å². The first-order chi connectivity index (χ1) is 13.7. The summed E-state index contributed by atoms with van der Waals surface area (Å²) in [6.45, 7) is 0.512. The van der Waals surface area contributed by atoms with Crippen LogP contribution in [0.15, 0.2) is 88.4 Å². The van der Waals surface area contributed by atoms with Crippen LogP contribution < -0.4 is 10.2 Å². The molecule has 3 aromatic carbocycles. The van der Waals surface area contributed by atoms with Gasteiger partial charge in [-0.1, -0.05) is 58.4 Å². The van der Waals surface area contributed by atoms with Gasteiger partial charge in [0.2, 0.25) is 5.91 Å². The molecule has 1 amide bonds. The number of carbonyl (C=O) groups excluding carboxylic acids is 1. The van der Waals surface area contributed by atoms with E-state index in [1.54, 1.807) is 6.21 Å². The molecule has 4 nitrogen and oxygen atoms in total. The smallest absolute Gasteiger partial charge is 0.240 e. The fraction of sp³-hybridized carbons (Fsp3) is 0.130. The van der Waals surface area contributed by atoms with E-state index >= 15 is 0 Å². The zero-order chi connectivity index (χ0) is 19.6. The van der Waals surface area contributed by atoms with Crippen molar-refractivity contribution in [1.82, 2.24) is 5.43 Å². The highest BCUT2D eigenvalue weighted by molar-refractivity contribution is 9.10. The van der Waals surface area contributed by atoms with Gasteiger partial charge in [0.05, 0.1) is 6.21 Å². The normalized spacial score (nSPS) is 10.8. The predicted molar refractivity (Wildman–Crippen MR) is 115 cm³/mol. The third-order valence-electron chi connectivity index (χ3n) is 4.09. The largest absolute Gasteiger partial charge is 0.489 e. The van der Waals surface area contributed by atoms with Gasteiger partial charge in [-0.15, -0.1) is 0 Å². The van der Waals surface area contributed by atoms with E-state index in [0.29, 0.717) is 19.4 Å². The summed E-state index contributed by atoms with van der Waals surface area (Å²) in [5.74, 6) is 0.682. The molecule has 0 atom stereocenters. The highest BCUT2D eigenvalue weighted by atomic mass is 79.9. The van der Waals surface area contributed by atoms with Crippen molar-refractivity contribution in [3.63, 3.8) is 0 Å². The predicted octanol–water partition coefficient (Wildman–Crippen LogP) is 5.11. The Hall–Kier alpha value is -2.92. The molecule has 0 aliphatic heterocycles. The number of carbonyl (C=O) groups is 1. The van der Waals surface area contributed by atoms with Gasteiger partial charge in [-0.25, -0.2) is 5.43 Å². The molecule has 0 saturated carbocycles. The van der Waals surface area contributed by atoms with Gasteiger partial charge in [0.1, 0.15) is 12.4 Å². The van der Waals surface area contributed by atoms with Crippen molar-refractivity contribution in [3.05, 3.63) is 100 Å². The van der Waals surface area contributed by atoms with Crippen LogP contribution in [-0.2, 0) is 17.8 Å². The summed E-state index contributed by atoms with van der Waals surface area (Å²) in [7, 11) is 0. The number of hydrogen-bond acceptors (Lipinski definition) is 3. The standard InChI is InChI=1S/C23H21BrN2O2/c24-21-11-6-20(7-12-21)17-28-22-13-8-19(9-14-22)16-25-26-23(27)15-10-18-4-2-1-3-5-18/h1-9,11-14,16H,10,15,17H2,(H,26,27)/b25-16-. The van der Waals surface area contributed by atoms with E-state index < -0.39 is 0 Å². The quantitative estimate of drug-likeness (QED) is 0.393. The number of ether oxygens (including phenoxy) is 1. The van der Waals surface area contributed by atoms with Crippen LogP contribution in [-0.4, -0.2) is 12.1 Å². The van der Waals surface area contributed by atoms with E-state index in [2.05, 4.69) is 26.5 Å². The lowest BCUT2D eigenvalue weighted by atomic mass is 10.1. The third kappa shape index (κ3) is 6.67. The van der Waals surface area contributed by atoms with Crippen LogP contribution in [0.4, 0.5) is 0 Å². The molecule has 0 saturated heterocycles. The SMILES string of the molecule is O=C(CCc1ccccc1)N/N=C\c1ccc(OCc2ccc(Br)cc2)cc1. The molecular formula is C23H21BrN2O2. The average molecular weight is 437 g/mol. The topological polar surface area (TPSA) is 50.7 Å². The molecule has 0 aromatic heterocycles. The number of rotatable bonds is 8. The molecule has 0 spiro atoms. The van der Waals surface area contributed by atoms with Gasteiger partial charge in [0.25, 0.3) is 0 Å². The number of hydrazone groups is 1. The maximum atomic E-state index is 11.9. The van der Waals surface area contributed by atoms with Gasteiger partial charge in [0.15, 0.2) is 0 Å². The average Bonchev–Trinajstić information content (AvgIpc) is 2.73. The van der Waals surface area contributed by atoms with Crippen LogP contribution in [0.3, 0.4) is 0 Å². The second-order valence-electron chi connectivity index (χ2n) is 6.26. The Morgan fingerprint density at radius 1 is 0.929 bits per heavy atom. The van der Waals surface area contributed by atoms with Crippen molar-refractivity contribution in [2.45, 2.75) is 19.4 Å². The van der Waals surface area contributed by atoms with Crippen LogP contribution in [0, 0.1) is 0 Å². The summed E-state index contributed by atoms with van der Waals surface area (Å²) in [5.41, 5.74) is 5.69. The van der Waals surface area contributed by atoms with E-state index in [9.17, 15) is 4.79 Å². The van der Waals surface area contributed by atoms with Gasteiger partial charge >= 0.3 is 0 Å². The molecule has 0 fully saturated rings. The Balaban J connectivity index is 1.41. The number of nitrogens with zero attached hydrogens (tertiary/aromatic N) is 1. The number of nitrogens with one attached hydrogen (secondary N) is 1. The van der Waals surface area contributed by atoms with Crippen molar-refractivity contribution >= 4 is 28.1 Å². The third-order valence-corrected chi connectivity index (χ3v) is 4.61. The van der Waals surface area contributed by atoms with Crippen LogP contribution in [0.25, 0.3) is 0 Å². The minimum absolute atomic E-state index is 0.102. The minimum Gasteiger partial charge on any atom is -0.489 e. The van der Waals surface area contributed by atoms with E-state index in [1.165, 1.54) is 0 Å². The molecule has 1 N–H and O–H groups in total. The Labute approximate surface area is 173 Å². The van der Waals surface area contributed by atoms with Gasteiger partial charge in [-0.05, 0) is 59.5 Å². The van der Waals surface area contributed by atoms with Crippen molar-refractivity contribution in [1.29, 1.82) is 0 Å². The lowest BCUT2D eigenvalue weighted by molar-refractivity contribution is -0.121. The molecule has 0 aliphatic rings. The lowest BCUT2D eigenvalue weighted by Gasteiger charge is -2.06. The number of halogens is 1. The van der Waals surface area contributed by atoms with Gasteiger partial charge < -0.3 is 4.74 Å². The molecule has 5 heteroatoms. The molecule has 0 bridgehead atoms. The molecule has 28 heavy (non-hydrogen) atoms. The molecule has 0 unspecified atom stereocenters. The Bertz CT molecular complexity index is 908. The zero-order valence-corrected chi connectivity index (χ0v) is 16.9. The molecule has 0 radical (unpaired) electrons. The zero-order valence-electron chi connectivity index (χ0n) is 15.3. The molecule has 0 heterocycles.